The van der Waals surface area contributed by atoms with Crippen molar-refractivity contribution in [3.05, 3.63) is 11.9 Å². The molecule has 1 saturated heterocycles. The van der Waals surface area contributed by atoms with Crippen LogP contribution in [0.4, 0.5) is 4.79 Å². The second-order valence-electron chi connectivity index (χ2n) is 9.18. The van der Waals surface area contributed by atoms with Crippen molar-refractivity contribution in [1.29, 1.82) is 0 Å². The summed E-state index contributed by atoms with van der Waals surface area (Å²) in [5.41, 5.74) is -1.51. The van der Waals surface area contributed by atoms with Gasteiger partial charge in [-0.2, -0.15) is 0 Å². The molecule has 11 heteroatoms. The first-order valence-electron chi connectivity index (χ1n) is 10.8. The van der Waals surface area contributed by atoms with Crippen LogP contribution in [0.5, 0.6) is 0 Å². The standard InChI is InChI=1S/C21H34N4O7/c1-15(26)30-10-8-6-7-9-24-12-16(22-23-24)14-31-17-11-21(5,18(27)28)25(13-17)19(29)32-20(2,3)4/h12,17H,6-11,13-14H2,1-5H3,(H,27,28)/t17-,21+/m1/s1. The number of amides is 1. The Morgan fingerprint density at radius 3 is 2.59 bits per heavy atom. The lowest BCUT2D eigenvalue weighted by atomic mass is 9.99. The first-order chi connectivity index (χ1) is 14.9. The van der Waals surface area contributed by atoms with Gasteiger partial charge in [-0.3, -0.25) is 14.4 Å². The zero-order valence-corrected chi connectivity index (χ0v) is 19.5. The first kappa shape index (κ1) is 25.6. The molecule has 0 aliphatic carbocycles. The lowest BCUT2D eigenvalue weighted by Crippen LogP contribution is -2.52. The number of hydrogen-bond donors (Lipinski definition) is 1. The van der Waals surface area contributed by atoms with Gasteiger partial charge in [-0.15, -0.1) is 5.10 Å². The normalized spacial score (nSPS) is 20.9. The summed E-state index contributed by atoms with van der Waals surface area (Å²) >= 11 is 0. The largest absolute Gasteiger partial charge is 0.480 e. The van der Waals surface area contributed by atoms with E-state index in [4.69, 9.17) is 14.2 Å². The zero-order valence-electron chi connectivity index (χ0n) is 19.5. The van der Waals surface area contributed by atoms with Gasteiger partial charge in [0, 0.05) is 19.9 Å². The summed E-state index contributed by atoms with van der Waals surface area (Å²) < 4.78 is 17.8. The predicted molar refractivity (Wildman–Crippen MR) is 113 cm³/mol. The third-order valence-corrected chi connectivity index (χ3v) is 5.07. The Labute approximate surface area is 188 Å². The highest BCUT2D eigenvalue weighted by Crippen LogP contribution is 2.33. The molecule has 2 atom stereocenters. The SMILES string of the molecule is CC(=O)OCCCCCn1cc(CO[C@H]2CN(C(=O)OC(C)(C)C)[C@](C)(C(=O)O)C2)nn1. The number of aryl methyl sites for hydroxylation is 1. The van der Waals surface area contributed by atoms with E-state index in [1.807, 2.05) is 0 Å². The van der Waals surface area contributed by atoms with Crippen molar-refractivity contribution in [2.45, 2.75) is 90.7 Å². The second-order valence-corrected chi connectivity index (χ2v) is 9.18. The molecular formula is C21H34N4O7. The van der Waals surface area contributed by atoms with Gasteiger partial charge in [0.15, 0.2) is 0 Å². The van der Waals surface area contributed by atoms with Crippen LogP contribution in [0.2, 0.25) is 0 Å². The maximum Gasteiger partial charge on any atom is 0.411 e. The van der Waals surface area contributed by atoms with E-state index in [-0.39, 0.29) is 25.5 Å². The summed E-state index contributed by atoms with van der Waals surface area (Å²) in [6, 6.07) is 0. The molecule has 0 radical (unpaired) electrons. The molecule has 0 unspecified atom stereocenters. The van der Waals surface area contributed by atoms with Crippen LogP contribution in [0.1, 0.15) is 66.0 Å². The highest BCUT2D eigenvalue weighted by molar-refractivity contribution is 5.85. The van der Waals surface area contributed by atoms with E-state index in [1.165, 1.54) is 18.7 Å². The van der Waals surface area contributed by atoms with Gasteiger partial charge >= 0.3 is 18.0 Å². The number of nitrogens with zero attached hydrogens (tertiary/aromatic N) is 4. The van der Waals surface area contributed by atoms with Crippen LogP contribution >= 0.6 is 0 Å². The summed E-state index contributed by atoms with van der Waals surface area (Å²) in [4.78, 5) is 36.4. The number of rotatable bonds is 10. The summed E-state index contributed by atoms with van der Waals surface area (Å²) in [7, 11) is 0. The lowest BCUT2D eigenvalue weighted by Gasteiger charge is -2.32. The minimum Gasteiger partial charge on any atom is -0.480 e. The van der Waals surface area contributed by atoms with E-state index in [0.717, 1.165) is 19.3 Å². The van der Waals surface area contributed by atoms with Gasteiger partial charge in [-0.25, -0.2) is 9.59 Å². The number of aliphatic carboxylic acids is 1. The Morgan fingerprint density at radius 1 is 1.25 bits per heavy atom. The van der Waals surface area contributed by atoms with E-state index >= 15 is 0 Å². The van der Waals surface area contributed by atoms with Gasteiger partial charge in [0.2, 0.25) is 0 Å². The third-order valence-electron chi connectivity index (χ3n) is 5.07. The van der Waals surface area contributed by atoms with Crippen molar-refractivity contribution < 1.29 is 33.7 Å². The minimum absolute atomic E-state index is 0.119. The highest BCUT2D eigenvalue weighted by atomic mass is 16.6. The number of unbranched alkanes of at least 4 members (excludes halogenated alkanes) is 2. The van der Waals surface area contributed by atoms with Crippen LogP contribution < -0.4 is 0 Å². The molecule has 1 fully saturated rings. The number of aromatic nitrogens is 3. The average molecular weight is 455 g/mol. The molecule has 11 nitrogen and oxygen atoms in total. The molecule has 32 heavy (non-hydrogen) atoms. The lowest BCUT2D eigenvalue weighted by molar-refractivity contribution is -0.148. The Kier molecular flexibility index (Phi) is 8.59. The number of carbonyl (C=O) groups excluding carboxylic acids is 2. The molecule has 0 bridgehead atoms. The maximum atomic E-state index is 12.5. The van der Waals surface area contributed by atoms with E-state index < -0.39 is 29.3 Å². The van der Waals surface area contributed by atoms with Gasteiger partial charge in [-0.05, 0) is 47.0 Å². The van der Waals surface area contributed by atoms with Crippen LogP contribution in [0.3, 0.4) is 0 Å². The zero-order chi connectivity index (χ0) is 23.9. The predicted octanol–water partition coefficient (Wildman–Crippen LogP) is 2.38. The van der Waals surface area contributed by atoms with Crippen LogP contribution in [-0.2, 0) is 37.0 Å². The van der Waals surface area contributed by atoms with Gasteiger partial charge in [-0.1, -0.05) is 5.21 Å². The molecule has 180 valence electrons. The monoisotopic (exact) mass is 454 g/mol. The minimum atomic E-state index is -1.41. The topological polar surface area (TPSA) is 133 Å². The van der Waals surface area contributed by atoms with E-state index in [2.05, 4.69) is 10.3 Å². The summed E-state index contributed by atoms with van der Waals surface area (Å²) in [5, 5.41) is 17.9. The summed E-state index contributed by atoms with van der Waals surface area (Å²) in [6.45, 7) is 9.47. The van der Waals surface area contributed by atoms with Gasteiger partial charge in [0.05, 0.1) is 32.1 Å². The molecule has 1 N–H and O–H groups in total. The summed E-state index contributed by atoms with van der Waals surface area (Å²) in [5.74, 6) is -1.37. The van der Waals surface area contributed by atoms with E-state index in [1.54, 1.807) is 31.6 Å². The quantitative estimate of drug-likeness (QED) is 0.418. The molecule has 2 heterocycles. The van der Waals surface area contributed by atoms with Crippen molar-refractivity contribution in [3.8, 4) is 0 Å². The van der Waals surface area contributed by atoms with Gasteiger partial charge < -0.3 is 19.3 Å². The van der Waals surface area contributed by atoms with Crippen molar-refractivity contribution in [2.75, 3.05) is 13.2 Å². The Bertz CT molecular complexity index is 804. The van der Waals surface area contributed by atoms with Crippen LogP contribution in [0.25, 0.3) is 0 Å². The van der Waals surface area contributed by atoms with Gasteiger partial charge in [0.25, 0.3) is 0 Å². The fourth-order valence-electron chi connectivity index (χ4n) is 3.42. The summed E-state index contributed by atoms with van der Waals surface area (Å²) in [6.07, 6.45) is 3.36. The van der Waals surface area contributed by atoms with Crippen molar-refractivity contribution in [1.82, 2.24) is 19.9 Å². The molecule has 2 rings (SSSR count). The van der Waals surface area contributed by atoms with E-state index in [9.17, 15) is 19.5 Å². The number of hydrogen-bond acceptors (Lipinski definition) is 8. The fraction of sp³-hybridized carbons (Fsp3) is 0.762. The molecule has 0 aromatic carbocycles. The molecule has 0 saturated carbocycles. The molecular weight excluding hydrogens is 420 g/mol. The number of likely N-dealkylation sites (tertiary alicyclic amines) is 1. The van der Waals surface area contributed by atoms with Crippen LogP contribution in [-0.4, -0.2) is 73.4 Å². The highest BCUT2D eigenvalue weighted by Gasteiger charge is 2.52. The number of carbonyl (C=O) groups is 3. The average Bonchev–Trinajstić information content (AvgIpc) is 3.26. The Balaban J connectivity index is 1.83. The second kappa shape index (κ2) is 10.8. The molecule has 1 amide bonds. The smallest absolute Gasteiger partial charge is 0.411 e. The molecule has 1 aromatic rings. The Hall–Kier alpha value is -2.69. The number of esters is 1. The molecule has 1 aliphatic heterocycles. The third kappa shape index (κ3) is 7.47. The number of ether oxygens (including phenoxy) is 3. The Morgan fingerprint density at radius 2 is 1.97 bits per heavy atom. The molecule has 1 aliphatic rings. The maximum absolute atomic E-state index is 12.5. The van der Waals surface area contributed by atoms with Crippen molar-refractivity contribution in [3.63, 3.8) is 0 Å². The fourth-order valence-corrected chi connectivity index (χ4v) is 3.42. The first-order valence-corrected chi connectivity index (χ1v) is 10.8. The molecule has 0 spiro atoms. The van der Waals surface area contributed by atoms with E-state index in [0.29, 0.717) is 18.8 Å². The number of carboxylic acids is 1. The van der Waals surface area contributed by atoms with Crippen LogP contribution in [0.15, 0.2) is 6.20 Å². The number of carboxylic acid groups (broad SMARTS) is 1. The van der Waals surface area contributed by atoms with Crippen LogP contribution in [0, 0.1) is 0 Å². The van der Waals surface area contributed by atoms with Crippen molar-refractivity contribution >= 4 is 18.0 Å². The van der Waals surface area contributed by atoms with Gasteiger partial charge in [0.1, 0.15) is 16.8 Å². The molecule has 1 aromatic heterocycles. The van der Waals surface area contributed by atoms with Crippen molar-refractivity contribution in [2.24, 2.45) is 0 Å².